The Morgan fingerprint density at radius 1 is 1.15 bits per heavy atom. The molecule has 0 saturated carbocycles. The Bertz CT molecular complexity index is 966. The Hall–Kier alpha value is -2.96. The lowest BCUT2D eigenvalue weighted by molar-refractivity contribution is -0.0332. The quantitative estimate of drug-likeness (QED) is 0.728. The summed E-state index contributed by atoms with van der Waals surface area (Å²) in [6, 6.07) is 15.5. The maximum atomic E-state index is 11.2. The predicted octanol–water partition coefficient (Wildman–Crippen LogP) is 2.96. The van der Waals surface area contributed by atoms with Crippen molar-refractivity contribution in [2.24, 2.45) is 5.73 Å². The van der Waals surface area contributed by atoms with Crippen LogP contribution in [0.4, 0.5) is 0 Å². The van der Waals surface area contributed by atoms with E-state index in [0.29, 0.717) is 17.5 Å². The monoisotopic (exact) mass is 363 g/mol. The van der Waals surface area contributed by atoms with Gasteiger partial charge in [-0.25, -0.2) is 4.98 Å². The number of benzene rings is 2. The van der Waals surface area contributed by atoms with E-state index in [1.165, 1.54) is 11.8 Å². The van der Waals surface area contributed by atoms with Crippen molar-refractivity contribution in [1.82, 2.24) is 9.88 Å². The molecule has 2 N–H and O–H groups in total. The number of rotatable bonds is 6. The zero-order chi connectivity index (χ0) is 18.8. The fourth-order valence-corrected chi connectivity index (χ4v) is 3.31. The summed E-state index contributed by atoms with van der Waals surface area (Å²) in [5.41, 5.74) is 6.86. The van der Waals surface area contributed by atoms with Crippen LogP contribution in [0.1, 0.15) is 15.9 Å². The van der Waals surface area contributed by atoms with E-state index in [4.69, 9.17) is 15.2 Å². The molecule has 1 saturated heterocycles. The van der Waals surface area contributed by atoms with Crippen molar-refractivity contribution in [2.45, 2.75) is 12.6 Å². The van der Waals surface area contributed by atoms with Gasteiger partial charge in [0.2, 0.25) is 11.8 Å². The van der Waals surface area contributed by atoms with Crippen LogP contribution in [0, 0.1) is 0 Å². The molecule has 1 aliphatic rings. The van der Waals surface area contributed by atoms with Crippen molar-refractivity contribution in [3.05, 3.63) is 65.9 Å². The first kappa shape index (κ1) is 17.5. The first-order valence-corrected chi connectivity index (χ1v) is 8.83. The minimum absolute atomic E-state index is 0.341. The third kappa shape index (κ3) is 3.63. The van der Waals surface area contributed by atoms with Gasteiger partial charge >= 0.3 is 0 Å². The molecule has 6 heteroatoms. The molecule has 1 aromatic heterocycles. The van der Waals surface area contributed by atoms with E-state index in [-0.39, 0.29) is 0 Å². The topological polar surface area (TPSA) is 77.7 Å². The molecular formula is C21H21N3O3. The smallest absolute Gasteiger partial charge is 0.250 e. The number of nitrogens with zero attached hydrogens (tertiary/aromatic N) is 2. The molecule has 2 heterocycles. The molecule has 0 bridgehead atoms. The summed E-state index contributed by atoms with van der Waals surface area (Å²) in [6.45, 7) is 2.80. The highest BCUT2D eigenvalue weighted by molar-refractivity contribution is 5.92. The molecule has 4 rings (SSSR count). The van der Waals surface area contributed by atoms with Crippen LogP contribution in [-0.2, 0) is 11.3 Å². The van der Waals surface area contributed by atoms with Gasteiger partial charge in [0, 0.05) is 44.4 Å². The minimum Gasteiger partial charge on any atom is -0.438 e. The van der Waals surface area contributed by atoms with Gasteiger partial charge in [0.15, 0.2) is 0 Å². The highest BCUT2D eigenvalue weighted by Gasteiger charge is 2.26. The number of hydrogen-bond donors (Lipinski definition) is 1. The minimum atomic E-state index is -0.509. The van der Waals surface area contributed by atoms with E-state index in [1.807, 2.05) is 24.3 Å². The van der Waals surface area contributed by atoms with Gasteiger partial charge in [-0.1, -0.05) is 30.3 Å². The summed E-state index contributed by atoms with van der Waals surface area (Å²) < 4.78 is 11.3. The average Bonchev–Trinajstić information content (AvgIpc) is 2.65. The molecule has 0 atom stereocenters. The first-order valence-electron chi connectivity index (χ1n) is 8.83. The van der Waals surface area contributed by atoms with Gasteiger partial charge in [-0.15, -0.1) is 0 Å². The largest absolute Gasteiger partial charge is 0.438 e. The van der Waals surface area contributed by atoms with Crippen LogP contribution in [0.3, 0.4) is 0 Å². The number of pyridine rings is 1. The van der Waals surface area contributed by atoms with Crippen LogP contribution in [-0.4, -0.2) is 42.1 Å². The number of methoxy groups -OCH3 is 1. The summed E-state index contributed by atoms with van der Waals surface area (Å²) in [7, 11) is 1.76. The molecule has 27 heavy (non-hydrogen) atoms. The molecule has 6 nitrogen and oxygen atoms in total. The highest BCUT2D eigenvalue weighted by Crippen LogP contribution is 2.32. The van der Waals surface area contributed by atoms with Crippen LogP contribution in [0.15, 0.2) is 54.7 Å². The second kappa shape index (κ2) is 7.34. The third-order valence-corrected chi connectivity index (χ3v) is 4.86. The number of ether oxygens (including phenoxy) is 2. The number of likely N-dealkylation sites (tertiary alicyclic amines) is 1. The molecule has 2 aromatic carbocycles. The number of fused-ring (bicyclic) bond motifs is 1. The Morgan fingerprint density at radius 2 is 1.93 bits per heavy atom. The van der Waals surface area contributed by atoms with Gasteiger partial charge in [-0.2, -0.15) is 0 Å². The Kier molecular flexibility index (Phi) is 4.75. The van der Waals surface area contributed by atoms with Crippen LogP contribution in [0.5, 0.6) is 11.6 Å². The van der Waals surface area contributed by atoms with Crippen LogP contribution in [0.2, 0.25) is 0 Å². The molecule has 1 amide bonds. The summed E-state index contributed by atoms with van der Waals surface area (Å²) in [4.78, 5) is 17.7. The second-order valence-corrected chi connectivity index (χ2v) is 6.67. The molecule has 3 aromatic rings. The zero-order valence-corrected chi connectivity index (χ0v) is 15.1. The predicted molar refractivity (Wildman–Crippen MR) is 103 cm³/mol. The molecule has 0 spiro atoms. The maximum Gasteiger partial charge on any atom is 0.250 e. The zero-order valence-electron chi connectivity index (χ0n) is 15.1. The highest BCUT2D eigenvalue weighted by atomic mass is 16.5. The number of primary amides is 1. The molecule has 138 valence electrons. The van der Waals surface area contributed by atoms with Crippen molar-refractivity contribution < 1.29 is 14.3 Å². The summed E-state index contributed by atoms with van der Waals surface area (Å²) in [5, 5.41) is 2.18. The molecule has 1 aliphatic heterocycles. The lowest BCUT2D eigenvalue weighted by Crippen LogP contribution is -2.50. The fourth-order valence-electron chi connectivity index (χ4n) is 3.31. The Balaban J connectivity index is 1.58. The lowest BCUT2D eigenvalue weighted by atomic mass is 10.0. The van der Waals surface area contributed by atoms with E-state index in [1.54, 1.807) is 19.2 Å². The summed E-state index contributed by atoms with van der Waals surface area (Å²) >= 11 is 0. The van der Waals surface area contributed by atoms with Crippen LogP contribution in [0.25, 0.3) is 10.8 Å². The van der Waals surface area contributed by atoms with E-state index < -0.39 is 5.91 Å². The number of carbonyl (C=O) groups excluding carboxylic acids is 1. The Morgan fingerprint density at radius 3 is 2.63 bits per heavy atom. The molecular weight excluding hydrogens is 342 g/mol. The normalized spacial score (nSPS) is 14.9. The number of carbonyl (C=O) groups is 1. The van der Waals surface area contributed by atoms with Crippen LogP contribution >= 0.6 is 0 Å². The van der Waals surface area contributed by atoms with Crippen molar-refractivity contribution in [1.29, 1.82) is 0 Å². The molecule has 1 fully saturated rings. The molecule has 0 radical (unpaired) electrons. The second-order valence-electron chi connectivity index (χ2n) is 6.67. The van der Waals surface area contributed by atoms with Gasteiger partial charge in [-0.05, 0) is 23.1 Å². The van der Waals surface area contributed by atoms with Crippen LogP contribution < -0.4 is 10.5 Å². The summed E-state index contributed by atoms with van der Waals surface area (Å²) in [6.07, 6.45) is 1.76. The fraction of sp³-hybridized carbons (Fsp3) is 0.238. The van der Waals surface area contributed by atoms with Crippen molar-refractivity contribution >= 4 is 16.7 Å². The first-order chi connectivity index (χ1) is 13.1. The van der Waals surface area contributed by atoms with E-state index in [0.717, 1.165) is 36.2 Å². The number of aromatic nitrogens is 1. The van der Waals surface area contributed by atoms with Crippen molar-refractivity contribution in [3.8, 4) is 11.6 Å². The summed E-state index contributed by atoms with van der Waals surface area (Å²) in [5.74, 6) is 0.640. The van der Waals surface area contributed by atoms with Crippen molar-refractivity contribution in [3.63, 3.8) is 0 Å². The third-order valence-electron chi connectivity index (χ3n) is 4.86. The Labute approximate surface area is 157 Å². The van der Waals surface area contributed by atoms with E-state index in [2.05, 4.69) is 22.0 Å². The van der Waals surface area contributed by atoms with E-state index in [9.17, 15) is 4.79 Å². The van der Waals surface area contributed by atoms with Gasteiger partial charge in [0.1, 0.15) is 5.75 Å². The maximum absolute atomic E-state index is 11.2. The standard InChI is InChI=1S/C21H21N3O3/c1-26-16-12-24(13-16)11-15-4-2-6-18-17(15)5-3-7-19(18)27-20-9-8-14(10-23-20)21(22)25/h2-10,16H,11-13H2,1H3,(H2,22,25). The van der Waals surface area contributed by atoms with Gasteiger partial charge in [0.05, 0.1) is 11.7 Å². The number of nitrogens with two attached hydrogens (primary N) is 1. The average molecular weight is 363 g/mol. The molecule has 0 unspecified atom stereocenters. The van der Waals surface area contributed by atoms with Gasteiger partial charge in [0.25, 0.3) is 0 Å². The number of amides is 1. The lowest BCUT2D eigenvalue weighted by Gasteiger charge is -2.38. The van der Waals surface area contributed by atoms with Gasteiger partial charge in [-0.3, -0.25) is 9.69 Å². The molecule has 0 aliphatic carbocycles. The number of hydrogen-bond acceptors (Lipinski definition) is 5. The van der Waals surface area contributed by atoms with Crippen molar-refractivity contribution in [2.75, 3.05) is 20.2 Å². The van der Waals surface area contributed by atoms with E-state index >= 15 is 0 Å². The van der Waals surface area contributed by atoms with Gasteiger partial charge < -0.3 is 15.2 Å². The SMILES string of the molecule is COC1CN(Cc2cccc3c(Oc4ccc(C(N)=O)cn4)cccc23)C1.